The number of halogens is 12. The van der Waals surface area contributed by atoms with E-state index >= 15 is 0 Å². The molecule has 0 aliphatic heterocycles. The van der Waals surface area contributed by atoms with E-state index in [9.17, 15) is 52.7 Å². The summed E-state index contributed by atoms with van der Waals surface area (Å²) in [6.45, 7) is 0. The van der Waals surface area contributed by atoms with E-state index in [1.165, 1.54) is 0 Å². The molecule has 0 bridgehead atoms. The van der Waals surface area contributed by atoms with Gasteiger partial charge in [0, 0.05) is 0 Å². The first-order valence-electron chi connectivity index (χ1n) is 4.27. The van der Waals surface area contributed by atoms with Crippen LogP contribution >= 0.6 is 0 Å². The number of rotatable bonds is 2. The third-order valence-corrected chi connectivity index (χ3v) is 2.31. The van der Waals surface area contributed by atoms with Crippen LogP contribution in [0, 0.1) is 0 Å². The van der Waals surface area contributed by atoms with E-state index in [1.807, 2.05) is 0 Å². The van der Waals surface area contributed by atoms with E-state index in [0.29, 0.717) is 0 Å². The predicted molar refractivity (Wildman–Crippen MR) is 38.3 cm³/mol. The summed E-state index contributed by atoms with van der Waals surface area (Å²) in [5.41, 5.74) is -6.53. The minimum Gasteiger partial charge on any atom is -0.204 e. The van der Waals surface area contributed by atoms with Gasteiger partial charge in [0.1, 0.15) is 5.57 Å². The molecule has 1 aliphatic rings. The second-order valence-corrected chi connectivity index (χ2v) is 3.55. The van der Waals surface area contributed by atoms with Crippen LogP contribution in [0.1, 0.15) is 0 Å². The number of hydrogen-bond acceptors (Lipinski definition) is 0. The normalized spacial score (nSPS) is 20.1. The van der Waals surface area contributed by atoms with Gasteiger partial charge in [0.2, 0.25) is 0 Å². The smallest absolute Gasteiger partial charge is 0.204 e. The van der Waals surface area contributed by atoms with Crippen molar-refractivity contribution in [2.24, 2.45) is 0 Å². The van der Waals surface area contributed by atoms with Crippen molar-refractivity contribution in [2.75, 3.05) is 0 Å². The van der Waals surface area contributed by atoms with E-state index in [-0.39, 0.29) is 0 Å². The summed E-state index contributed by atoms with van der Waals surface area (Å²) in [4.78, 5) is 0. The maximum atomic E-state index is 12.9. The van der Waals surface area contributed by atoms with Crippen molar-refractivity contribution in [2.45, 2.75) is 23.9 Å². The van der Waals surface area contributed by atoms with Crippen molar-refractivity contribution >= 4 is 0 Å². The molecular weight excluding hydrogens is 324 g/mol. The standard InChI is InChI=1S/C8F12/c9-3-1(2(4(10)11)5(3,12)13)6(14,15)7(16,17)8(18,19)20. The third-order valence-electron chi connectivity index (χ3n) is 2.31. The minimum absolute atomic E-state index is 3.18. The molecule has 0 aromatic rings. The molecule has 0 amide bonds. The van der Waals surface area contributed by atoms with E-state index in [2.05, 4.69) is 0 Å². The van der Waals surface area contributed by atoms with E-state index in [0.717, 1.165) is 0 Å². The van der Waals surface area contributed by atoms with Crippen LogP contribution in [0.5, 0.6) is 0 Å². The molecule has 1 aliphatic carbocycles. The summed E-state index contributed by atoms with van der Waals surface area (Å²) in [7, 11) is 0. The molecule has 116 valence electrons. The molecule has 0 unspecified atom stereocenters. The van der Waals surface area contributed by atoms with Crippen LogP contribution in [0.2, 0.25) is 0 Å². The SMILES string of the molecule is FC(F)=C1C(C(F)(F)C(F)(F)C(F)(F)F)=C(F)C1(F)F. The lowest BCUT2D eigenvalue weighted by Crippen LogP contribution is -2.57. The van der Waals surface area contributed by atoms with Gasteiger partial charge in [0.15, 0.2) is 5.83 Å². The Morgan fingerprint density at radius 1 is 0.850 bits per heavy atom. The lowest BCUT2D eigenvalue weighted by Gasteiger charge is -2.37. The average Bonchev–Trinajstić information content (AvgIpc) is 2.21. The van der Waals surface area contributed by atoms with Gasteiger partial charge in [-0.1, -0.05) is 0 Å². The molecule has 0 nitrogen and oxygen atoms in total. The van der Waals surface area contributed by atoms with Crippen LogP contribution in [-0.4, -0.2) is 23.9 Å². The van der Waals surface area contributed by atoms with Crippen molar-refractivity contribution in [1.29, 1.82) is 0 Å². The Kier molecular flexibility index (Phi) is 3.40. The van der Waals surface area contributed by atoms with Crippen molar-refractivity contribution < 1.29 is 52.7 Å². The van der Waals surface area contributed by atoms with Crippen molar-refractivity contribution in [3.05, 3.63) is 23.1 Å². The van der Waals surface area contributed by atoms with Crippen LogP contribution in [0.4, 0.5) is 52.7 Å². The van der Waals surface area contributed by atoms with E-state index in [1.54, 1.807) is 0 Å². The van der Waals surface area contributed by atoms with Crippen molar-refractivity contribution in [1.82, 2.24) is 0 Å². The molecule has 0 saturated heterocycles. The molecule has 0 atom stereocenters. The van der Waals surface area contributed by atoms with Gasteiger partial charge in [0.25, 0.3) is 6.08 Å². The van der Waals surface area contributed by atoms with Crippen molar-refractivity contribution in [3.8, 4) is 0 Å². The van der Waals surface area contributed by atoms with Gasteiger partial charge in [-0.05, 0) is 0 Å². The molecule has 20 heavy (non-hydrogen) atoms. The zero-order valence-corrected chi connectivity index (χ0v) is 8.54. The van der Waals surface area contributed by atoms with Gasteiger partial charge >= 0.3 is 23.9 Å². The van der Waals surface area contributed by atoms with Crippen LogP contribution in [-0.2, 0) is 0 Å². The molecule has 0 heterocycles. The van der Waals surface area contributed by atoms with Crippen LogP contribution in [0.25, 0.3) is 0 Å². The minimum atomic E-state index is -7.01. The predicted octanol–water partition coefficient (Wildman–Crippen LogP) is 4.84. The summed E-state index contributed by atoms with van der Waals surface area (Å²) in [5.74, 6) is -22.4. The molecule has 0 saturated carbocycles. The lowest BCUT2D eigenvalue weighted by atomic mass is 9.80. The first-order chi connectivity index (χ1) is 8.60. The van der Waals surface area contributed by atoms with Gasteiger partial charge in [-0.3, -0.25) is 0 Å². The maximum absolute atomic E-state index is 12.9. The molecule has 0 N–H and O–H groups in total. The Morgan fingerprint density at radius 2 is 1.25 bits per heavy atom. The fourth-order valence-electron chi connectivity index (χ4n) is 1.31. The highest BCUT2D eigenvalue weighted by Crippen LogP contribution is 2.61. The fourth-order valence-corrected chi connectivity index (χ4v) is 1.31. The Hall–Kier alpha value is -1.36. The Bertz CT molecular complexity index is 486. The van der Waals surface area contributed by atoms with Crippen LogP contribution < -0.4 is 0 Å². The summed E-state index contributed by atoms with van der Waals surface area (Å²) in [6, 6.07) is 0. The summed E-state index contributed by atoms with van der Waals surface area (Å²) in [5, 5.41) is 0. The summed E-state index contributed by atoms with van der Waals surface area (Å²) < 4.78 is 147. The zero-order valence-electron chi connectivity index (χ0n) is 8.54. The number of allylic oxidation sites excluding steroid dienone is 3. The van der Waals surface area contributed by atoms with E-state index < -0.39 is 47.0 Å². The highest BCUT2D eigenvalue weighted by molar-refractivity contribution is 5.59. The quantitative estimate of drug-likeness (QED) is 0.638. The van der Waals surface area contributed by atoms with Gasteiger partial charge in [-0.25, -0.2) is 4.39 Å². The van der Waals surface area contributed by atoms with Gasteiger partial charge in [-0.15, -0.1) is 0 Å². The molecule has 0 radical (unpaired) electrons. The topological polar surface area (TPSA) is 0 Å². The second kappa shape index (κ2) is 4.07. The average molecular weight is 324 g/mol. The summed E-state index contributed by atoms with van der Waals surface area (Å²) >= 11 is 0. The largest absolute Gasteiger partial charge is 0.460 e. The number of hydrogen-bond donors (Lipinski definition) is 0. The zero-order chi connectivity index (χ0) is 16.3. The molecule has 0 aromatic carbocycles. The molecule has 12 heteroatoms. The Balaban J connectivity index is 3.53. The third kappa shape index (κ3) is 1.87. The molecule has 0 aromatic heterocycles. The van der Waals surface area contributed by atoms with Crippen LogP contribution in [0.15, 0.2) is 23.1 Å². The maximum Gasteiger partial charge on any atom is 0.460 e. The lowest BCUT2D eigenvalue weighted by molar-refractivity contribution is -0.345. The molecule has 0 fully saturated rings. The molecular formula is C8F12. The first-order valence-corrected chi connectivity index (χ1v) is 4.27. The fraction of sp³-hybridized carbons (Fsp3) is 0.500. The first kappa shape index (κ1) is 16.7. The van der Waals surface area contributed by atoms with Gasteiger partial charge in [-0.2, -0.15) is 48.3 Å². The Labute approximate surface area is 101 Å². The van der Waals surface area contributed by atoms with Gasteiger partial charge < -0.3 is 0 Å². The highest BCUT2D eigenvalue weighted by atomic mass is 19.4. The van der Waals surface area contributed by atoms with Crippen molar-refractivity contribution in [3.63, 3.8) is 0 Å². The molecule has 0 spiro atoms. The highest BCUT2D eigenvalue weighted by Gasteiger charge is 2.79. The number of alkyl halides is 9. The monoisotopic (exact) mass is 324 g/mol. The summed E-state index contributed by atoms with van der Waals surface area (Å²) in [6.07, 6.45) is -10.7. The van der Waals surface area contributed by atoms with Crippen LogP contribution in [0.3, 0.4) is 0 Å². The Morgan fingerprint density at radius 3 is 1.55 bits per heavy atom. The van der Waals surface area contributed by atoms with E-state index in [4.69, 9.17) is 0 Å². The molecule has 1 rings (SSSR count). The van der Waals surface area contributed by atoms with Gasteiger partial charge in [0.05, 0.1) is 5.57 Å². The second-order valence-electron chi connectivity index (χ2n) is 3.55.